The summed E-state index contributed by atoms with van der Waals surface area (Å²) in [6, 6.07) is 0. The number of ether oxygens (including phenoxy) is 1. The van der Waals surface area contributed by atoms with Crippen LogP contribution in [0.4, 0.5) is 0 Å². The van der Waals surface area contributed by atoms with Crippen molar-refractivity contribution in [3.05, 3.63) is 0 Å². The van der Waals surface area contributed by atoms with Crippen LogP contribution in [0.1, 0.15) is 51.4 Å². The van der Waals surface area contributed by atoms with Crippen LogP contribution in [-0.4, -0.2) is 31.6 Å². The van der Waals surface area contributed by atoms with E-state index < -0.39 is 0 Å². The average Bonchev–Trinajstić information content (AvgIpc) is 2.83. The summed E-state index contributed by atoms with van der Waals surface area (Å²) < 4.78 is 5.76. The molecule has 1 N–H and O–H groups in total. The Morgan fingerprint density at radius 2 is 1.82 bits per heavy atom. The molecule has 0 aromatic rings. The molecule has 1 heterocycles. The Labute approximate surface area is 104 Å². The van der Waals surface area contributed by atoms with Gasteiger partial charge in [-0.25, -0.2) is 0 Å². The zero-order valence-corrected chi connectivity index (χ0v) is 10.7. The molecule has 0 unspecified atom stereocenters. The van der Waals surface area contributed by atoms with Gasteiger partial charge in [0.15, 0.2) is 0 Å². The number of nitrogens with one attached hydrogen (secondary N) is 1. The second kappa shape index (κ2) is 7.12. The van der Waals surface area contributed by atoms with Gasteiger partial charge in [0.1, 0.15) is 5.78 Å². The Kier molecular flexibility index (Phi) is 5.46. The second-order valence-corrected chi connectivity index (χ2v) is 5.46. The molecular weight excluding hydrogens is 214 g/mol. The number of hydrogen-bond donors (Lipinski definition) is 1. The van der Waals surface area contributed by atoms with Crippen LogP contribution in [0.3, 0.4) is 0 Å². The van der Waals surface area contributed by atoms with Crippen molar-refractivity contribution in [1.29, 1.82) is 0 Å². The van der Waals surface area contributed by atoms with Gasteiger partial charge in [0.25, 0.3) is 0 Å². The molecule has 2 aliphatic rings. The molecule has 2 fully saturated rings. The predicted octanol–water partition coefficient (Wildman–Crippen LogP) is 2.29. The van der Waals surface area contributed by atoms with Gasteiger partial charge in [0, 0.05) is 12.8 Å². The van der Waals surface area contributed by atoms with Gasteiger partial charge in [-0.2, -0.15) is 0 Å². The molecular formula is C14H25NO2. The monoisotopic (exact) mass is 239 g/mol. The molecule has 3 nitrogen and oxygen atoms in total. The van der Waals surface area contributed by atoms with E-state index >= 15 is 0 Å². The van der Waals surface area contributed by atoms with Gasteiger partial charge < -0.3 is 10.1 Å². The van der Waals surface area contributed by atoms with Crippen LogP contribution in [-0.2, 0) is 9.53 Å². The lowest BCUT2D eigenvalue weighted by atomic mass is 10.00. The van der Waals surface area contributed by atoms with Crippen LogP contribution in [0.2, 0.25) is 0 Å². The largest absolute Gasteiger partial charge is 0.378 e. The summed E-state index contributed by atoms with van der Waals surface area (Å²) >= 11 is 0. The summed E-state index contributed by atoms with van der Waals surface area (Å²) in [4.78, 5) is 11.7. The fourth-order valence-corrected chi connectivity index (χ4v) is 2.94. The minimum Gasteiger partial charge on any atom is -0.378 e. The van der Waals surface area contributed by atoms with E-state index in [0.717, 1.165) is 32.4 Å². The Morgan fingerprint density at radius 1 is 1.12 bits per heavy atom. The van der Waals surface area contributed by atoms with E-state index in [-0.39, 0.29) is 0 Å². The molecule has 3 heteroatoms. The summed E-state index contributed by atoms with van der Waals surface area (Å²) in [5.74, 6) is 1.09. The Hall–Kier alpha value is -0.410. The van der Waals surface area contributed by atoms with Gasteiger partial charge in [-0.3, -0.25) is 4.79 Å². The summed E-state index contributed by atoms with van der Waals surface area (Å²) in [5, 5.41) is 3.32. The Balaban J connectivity index is 1.53. The number of Topliss-reactive ketones (excluding diaryl/α,β-unsaturated/α-hetero) is 1. The number of piperidine rings is 1. The molecule has 98 valence electrons. The van der Waals surface area contributed by atoms with Crippen molar-refractivity contribution in [3.63, 3.8) is 0 Å². The first-order valence-electron chi connectivity index (χ1n) is 7.18. The third kappa shape index (κ3) is 4.76. The fraction of sp³-hybridized carbons (Fsp3) is 0.929. The normalized spacial score (nSPS) is 23.1. The van der Waals surface area contributed by atoms with E-state index in [0.29, 0.717) is 30.8 Å². The number of hydrogen-bond acceptors (Lipinski definition) is 3. The van der Waals surface area contributed by atoms with E-state index in [1.807, 2.05) is 0 Å². The van der Waals surface area contributed by atoms with Gasteiger partial charge in [-0.1, -0.05) is 25.7 Å². The molecule has 1 saturated carbocycles. The quantitative estimate of drug-likeness (QED) is 0.773. The Bertz CT molecular complexity index is 230. The molecule has 0 amide bonds. The van der Waals surface area contributed by atoms with E-state index in [2.05, 4.69) is 5.32 Å². The summed E-state index contributed by atoms with van der Waals surface area (Å²) in [5.41, 5.74) is 0. The van der Waals surface area contributed by atoms with Crippen molar-refractivity contribution in [2.75, 3.05) is 19.7 Å². The maximum atomic E-state index is 11.7. The SMILES string of the molecule is O=C(CCOC1CCNCC1)CC1CCCC1. The van der Waals surface area contributed by atoms with Crippen molar-refractivity contribution in [2.45, 2.75) is 57.5 Å². The van der Waals surface area contributed by atoms with Crippen LogP contribution in [0.25, 0.3) is 0 Å². The summed E-state index contributed by atoms with van der Waals surface area (Å²) in [7, 11) is 0. The summed E-state index contributed by atoms with van der Waals surface area (Å²) in [6.45, 7) is 2.75. The molecule has 1 aliphatic carbocycles. The predicted molar refractivity (Wildman–Crippen MR) is 68.0 cm³/mol. The molecule has 2 rings (SSSR count). The first-order valence-corrected chi connectivity index (χ1v) is 7.18. The van der Waals surface area contributed by atoms with Crippen molar-refractivity contribution in [1.82, 2.24) is 5.32 Å². The minimum absolute atomic E-state index is 0.385. The highest BCUT2D eigenvalue weighted by Gasteiger charge is 2.19. The average molecular weight is 239 g/mol. The smallest absolute Gasteiger partial charge is 0.135 e. The van der Waals surface area contributed by atoms with Crippen LogP contribution in [0, 0.1) is 5.92 Å². The number of ketones is 1. The lowest BCUT2D eigenvalue weighted by Gasteiger charge is -2.22. The molecule has 0 atom stereocenters. The first-order chi connectivity index (χ1) is 8.34. The second-order valence-electron chi connectivity index (χ2n) is 5.46. The number of carbonyl (C=O) groups is 1. The number of carbonyl (C=O) groups excluding carboxylic acids is 1. The van der Waals surface area contributed by atoms with Crippen molar-refractivity contribution >= 4 is 5.78 Å². The zero-order valence-electron chi connectivity index (χ0n) is 10.7. The Morgan fingerprint density at radius 3 is 2.53 bits per heavy atom. The molecule has 0 radical (unpaired) electrons. The lowest BCUT2D eigenvalue weighted by Crippen LogP contribution is -2.32. The van der Waals surface area contributed by atoms with Gasteiger partial charge in [-0.15, -0.1) is 0 Å². The number of rotatable bonds is 6. The first kappa shape index (κ1) is 13.0. The topological polar surface area (TPSA) is 38.3 Å². The molecule has 0 aromatic heterocycles. The van der Waals surface area contributed by atoms with Crippen LogP contribution < -0.4 is 5.32 Å². The molecule has 0 bridgehead atoms. The summed E-state index contributed by atoms with van der Waals surface area (Å²) in [6.07, 6.45) is 9.17. The highest BCUT2D eigenvalue weighted by atomic mass is 16.5. The van der Waals surface area contributed by atoms with E-state index in [4.69, 9.17) is 4.74 Å². The van der Waals surface area contributed by atoms with E-state index in [9.17, 15) is 4.79 Å². The van der Waals surface area contributed by atoms with Crippen molar-refractivity contribution < 1.29 is 9.53 Å². The van der Waals surface area contributed by atoms with E-state index in [1.54, 1.807) is 0 Å². The van der Waals surface area contributed by atoms with Gasteiger partial charge in [-0.05, 0) is 31.8 Å². The maximum Gasteiger partial charge on any atom is 0.135 e. The third-order valence-electron chi connectivity index (χ3n) is 4.01. The van der Waals surface area contributed by atoms with Gasteiger partial charge in [0.05, 0.1) is 12.7 Å². The molecule has 1 aliphatic heterocycles. The highest BCUT2D eigenvalue weighted by molar-refractivity contribution is 5.78. The van der Waals surface area contributed by atoms with Crippen LogP contribution >= 0.6 is 0 Å². The lowest BCUT2D eigenvalue weighted by molar-refractivity contribution is -0.121. The molecule has 1 saturated heterocycles. The van der Waals surface area contributed by atoms with Crippen LogP contribution in [0.15, 0.2) is 0 Å². The third-order valence-corrected chi connectivity index (χ3v) is 4.01. The molecule has 0 spiro atoms. The maximum absolute atomic E-state index is 11.7. The van der Waals surface area contributed by atoms with Crippen LogP contribution in [0.5, 0.6) is 0 Å². The zero-order chi connectivity index (χ0) is 11.9. The molecule has 0 aromatic carbocycles. The standard InChI is InChI=1S/C14H25NO2/c16-13(11-12-3-1-2-4-12)7-10-17-14-5-8-15-9-6-14/h12,14-15H,1-11H2. The van der Waals surface area contributed by atoms with Gasteiger partial charge >= 0.3 is 0 Å². The van der Waals surface area contributed by atoms with Crippen molar-refractivity contribution in [2.24, 2.45) is 5.92 Å². The van der Waals surface area contributed by atoms with E-state index in [1.165, 1.54) is 25.7 Å². The molecule has 17 heavy (non-hydrogen) atoms. The minimum atomic E-state index is 0.385. The van der Waals surface area contributed by atoms with Gasteiger partial charge in [0.2, 0.25) is 0 Å². The highest BCUT2D eigenvalue weighted by Crippen LogP contribution is 2.27. The fourth-order valence-electron chi connectivity index (χ4n) is 2.94. The van der Waals surface area contributed by atoms with Crippen molar-refractivity contribution in [3.8, 4) is 0 Å².